The number of benzene rings is 5. The maximum absolute atomic E-state index is 13.9. The van der Waals surface area contributed by atoms with Crippen molar-refractivity contribution in [1.82, 2.24) is 0 Å². The zero-order valence-electron chi connectivity index (χ0n) is 36.6. The van der Waals surface area contributed by atoms with Gasteiger partial charge in [-0.25, -0.2) is 0 Å². The molecule has 5 aromatic rings. The highest BCUT2D eigenvalue weighted by Gasteiger charge is 2.54. The van der Waals surface area contributed by atoms with Crippen molar-refractivity contribution in [2.24, 2.45) is 5.41 Å². The molecule has 0 radical (unpaired) electrons. The first-order valence-corrected chi connectivity index (χ1v) is 21.9. The van der Waals surface area contributed by atoms with Gasteiger partial charge in [0.25, 0.3) is 0 Å². The third-order valence-corrected chi connectivity index (χ3v) is 11.0. The largest absolute Gasteiger partial charge is 0.454 e. The van der Waals surface area contributed by atoms with Crippen molar-refractivity contribution in [1.29, 1.82) is 0 Å². The van der Waals surface area contributed by atoms with Crippen molar-refractivity contribution in [2.75, 3.05) is 13.2 Å². The molecule has 2 heterocycles. The molecule has 340 valence electrons. The lowest BCUT2D eigenvalue weighted by Crippen LogP contribution is -2.66. The Kier molecular flexibility index (Phi) is 17.2. The van der Waals surface area contributed by atoms with Gasteiger partial charge in [-0.2, -0.15) is 0 Å². The summed E-state index contributed by atoms with van der Waals surface area (Å²) < 4.78 is 58.9. The third-order valence-electron chi connectivity index (χ3n) is 11.0. The van der Waals surface area contributed by atoms with Crippen molar-refractivity contribution in [3.8, 4) is 0 Å². The maximum Gasteiger partial charge on any atom is 0.311 e. The maximum atomic E-state index is 13.9. The van der Waals surface area contributed by atoms with E-state index in [1.807, 2.05) is 152 Å². The van der Waals surface area contributed by atoms with E-state index < -0.39 is 72.8 Å². The van der Waals surface area contributed by atoms with E-state index in [2.05, 4.69) is 0 Å². The van der Waals surface area contributed by atoms with Crippen LogP contribution in [0.2, 0.25) is 0 Å². The highest BCUT2D eigenvalue weighted by atomic mass is 16.8. The van der Waals surface area contributed by atoms with E-state index in [1.54, 1.807) is 20.8 Å². The zero-order chi connectivity index (χ0) is 44.7. The van der Waals surface area contributed by atoms with Gasteiger partial charge in [0.2, 0.25) is 0 Å². The first-order valence-electron chi connectivity index (χ1n) is 21.9. The molecule has 5 aromatic carbocycles. The molecule has 0 amide bonds. The van der Waals surface area contributed by atoms with Crippen LogP contribution in [-0.2, 0) is 80.5 Å². The molecule has 2 N–H and O–H groups in total. The van der Waals surface area contributed by atoms with Crippen LogP contribution >= 0.6 is 0 Å². The van der Waals surface area contributed by atoms with Crippen LogP contribution < -0.4 is 0 Å². The van der Waals surface area contributed by atoms with Crippen LogP contribution in [0.1, 0.15) is 48.6 Å². The first kappa shape index (κ1) is 47.1. The number of rotatable bonds is 20. The van der Waals surface area contributed by atoms with Crippen LogP contribution in [-0.4, -0.2) is 90.8 Å². The topological polar surface area (TPSA) is 141 Å². The van der Waals surface area contributed by atoms with Crippen molar-refractivity contribution in [2.45, 2.75) is 115 Å². The van der Waals surface area contributed by atoms with E-state index in [-0.39, 0.29) is 46.2 Å². The smallest absolute Gasteiger partial charge is 0.311 e. The van der Waals surface area contributed by atoms with Crippen LogP contribution in [0.5, 0.6) is 0 Å². The molecular weight excluding hydrogens is 817 g/mol. The summed E-state index contributed by atoms with van der Waals surface area (Å²) in [6.07, 6.45) is -11.8. The van der Waals surface area contributed by atoms with Crippen molar-refractivity contribution in [3.63, 3.8) is 0 Å². The second-order valence-electron chi connectivity index (χ2n) is 17.1. The minimum atomic E-state index is -1.47. The molecule has 0 aliphatic carbocycles. The second-order valence-corrected chi connectivity index (χ2v) is 17.1. The summed E-state index contributed by atoms with van der Waals surface area (Å²) in [7, 11) is 0. The molecule has 12 nitrogen and oxygen atoms in total. The van der Waals surface area contributed by atoms with Gasteiger partial charge in [0.05, 0.1) is 51.7 Å². The van der Waals surface area contributed by atoms with Crippen LogP contribution in [0, 0.1) is 5.41 Å². The number of aliphatic hydroxyl groups is 2. The van der Waals surface area contributed by atoms with Crippen molar-refractivity contribution in [3.05, 3.63) is 179 Å². The summed E-state index contributed by atoms with van der Waals surface area (Å²) in [6, 6.07) is 48.1. The predicted octanol–water partition coefficient (Wildman–Crippen LogP) is 7.32. The number of esters is 1. The lowest BCUT2D eigenvalue weighted by atomic mass is 9.94. The van der Waals surface area contributed by atoms with Gasteiger partial charge in [-0.05, 0) is 48.6 Å². The Morgan fingerprint density at radius 2 is 0.859 bits per heavy atom. The lowest BCUT2D eigenvalue weighted by molar-refractivity contribution is -0.371. The van der Waals surface area contributed by atoms with E-state index in [0.717, 1.165) is 27.8 Å². The fraction of sp³-hybridized carbons (Fsp3) is 0.404. The molecule has 0 aromatic heterocycles. The summed E-state index contributed by atoms with van der Waals surface area (Å²) >= 11 is 0. The van der Waals surface area contributed by atoms with Gasteiger partial charge in [-0.3, -0.25) is 4.79 Å². The Balaban J connectivity index is 1.24. The van der Waals surface area contributed by atoms with Crippen molar-refractivity contribution < 1.29 is 57.6 Å². The molecule has 2 aliphatic heterocycles. The quantitative estimate of drug-likeness (QED) is 0.0758. The SMILES string of the molecule is CC(C)(C)C(=O)O[C@H]1[C@H](OCc2ccccc2)O[C@H](COCc2ccccc2)[C@@H](O[C@@H]2O[C@H](COCc3ccccc3)[C@H](O)[C@H](O)[C@H]2OCc2ccccc2)[C@@H]1OCc1ccccc1. The predicted molar refractivity (Wildman–Crippen MR) is 237 cm³/mol. The summed E-state index contributed by atoms with van der Waals surface area (Å²) in [5.41, 5.74) is 3.55. The average Bonchev–Trinajstić information content (AvgIpc) is 3.31. The molecule has 2 saturated heterocycles. The summed E-state index contributed by atoms with van der Waals surface area (Å²) in [5, 5.41) is 23.4. The fourth-order valence-electron chi connectivity index (χ4n) is 7.43. The fourth-order valence-corrected chi connectivity index (χ4v) is 7.43. The second kappa shape index (κ2) is 23.4. The zero-order valence-corrected chi connectivity index (χ0v) is 36.6. The Morgan fingerprint density at radius 3 is 1.31 bits per heavy atom. The molecule has 2 aliphatic rings. The highest BCUT2D eigenvalue weighted by Crippen LogP contribution is 2.36. The van der Waals surface area contributed by atoms with Crippen LogP contribution in [0.15, 0.2) is 152 Å². The molecule has 7 rings (SSSR count). The van der Waals surface area contributed by atoms with Crippen molar-refractivity contribution >= 4 is 5.97 Å². The molecule has 0 unspecified atom stereocenters. The van der Waals surface area contributed by atoms with Gasteiger partial charge >= 0.3 is 5.97 Å². The summed E-state index contributed by atoms with van der Waals surface area (Å²) in [5.74, 6) is -0.507. The molecule has 0 bridgehead atoms. The molecule has 0 spiro atoms. The number of aliphatic hydroxyl groups excluding tert-OH is 2. The van der Waals surface area contributed by atoms with Gasteiger partial charge in [0, 0.05) is 0 Å². The lowest BCUT2D eigenvalue weighted by Gasteiger charge is -2.49. The van der Waals surface area contributed by atoms with Gasteiger partial charge in [-0.1, -0.05) is 152 Å². The molecule has 10 atom stereocenters. The minimum Gasteiger partial charge on any atom is -0.454 e. The van der Waals surface area contributed by atoms with Gasteiger partial charge in [-0.15, -0.1) is 0 Å². The average molecular weight is 877 g/mol. The Bertz CT molecular complexity index is 2080. The van der Waals surface area contributed by atoms with Gasteiger partial charge in [0.15, 0.2) is 18.7 Å². The molecular formula is C52H60O12. The summed E-state index contributed by atoms with van der Waals surface area (Å²) in [6.45, 7) is 6.06. The van der Waals surface area contributed by atoms with Gasteiger partial charge in [0.1, 0.15) is 42.7 Å². The number of hydrogen-bond acceptors (Lipinski definition) is 12. The third kappa shape index (κ3) is 13.4. The monoisotopic (exact) mass is 876 g/mol. The normalized spacial score (nSPS) is 26.0. The minimum absolute atomic E-state index is 0.00700. The summed E-state index contributed by atoms with van der Waals surface area (Å²) in [4.78, 5) is 13.9. The number of carbonyl (C=O) groups is 1. The molecule has 64 heavy (non-hydrogen) atoms. The number of carbonyl (C=O) groups excluding carboxylic acids is 1. The van der Waals surface area contributed by atoms with E-state index in [9.17, 15) is 15.0 Å². The van der Waals surface area contributed by atoms with Crippen LogP contribution in [0.4, 0.5) is 0 Å². The Morgan fingerprint density at radius 1 is 0.469 bits per heavy atom. The Hall–Kier alpha value is -4.83. The van der Waals surface area contributed by atoms with Crippen LogP contribution in [0.3, 0.4) is 0 Å². The number of hydrogen-bond donors (Lipinski definition) is 2. The molecule has 2 fully saturated rings. The molecule has 12 heteroatoms. The standard InChI is InChI=1S/C52H60O12/c1-52(2,3)51(55)64-48-47(59-32-39-25-15-7-16-26-39)45(42(35-57-30-37-21-11-5-12-22-37)62-49(48)60-33-40-27-17-8-18-28-40)63-50-46(58-31-38-23-13-6-14-24-38)44(54)43(53)41(61-50)34-56-29-36-19-9-4-10-20-36/h4-28,41-50,53-54H,29-35H2,1-3H3/t41-,42-,43+,44+,45-,46-,47+,48-,49-,50+/m1/s1. The van der Waals surface area contributed by atoms with E-state index >= 15 is 0 Å². The van der Waals surface area contributed by atoms with E-state index in [1.165, 1.54) is 0 Å². The van der Waals surface area contributed by atoms with E-state index in [4.69, 9.17) is 42.6 Å². The molecule has 0 saturated carbocycles. The van der Waals surface area contributed by atoms with Gasteiger partial charge < -0.3 is 52.8 Å². The highest BCUT2D eigenvalue weighted by molar-refractivity contribution is 5.75. The Labute approximate surface area is 375 Å². The number of ether oxygens (including phenoxy) is 9. The first-order chi connectivity index (χ1) is 31.1. The van der Waals surface area contributed by atoms with E-state index in [0.29, 0.717) is 0 Å². The van der Waals surface area contributed by atoms with Crippen LogP contribution in [0.25, 0.3) is 0 Å².